The highest BCUT2D eigenvalue weighted by Gasteiger charge is 2.18. The van der Waals surface area contributed by atoms with Gasteiger partial charge in [0.25, 0.3) is 0 Å². The highest BCUT2D eigenvalue weighted by atomic mass is 15.3. The van der Waals surface area contributed by atoms with E-state index in [1.165, 1.54) is 78.5 Å². The second-order valence-corrected chi connectivity index (χ2v) is 5.55. The molecule has 0 spiro atoms. The Kier molecular flexibility index (Phi) is 5.89. The lowest BCUT2D eigenvalue weighted by molar-refractivity contribution is 0.0982. The predicted molar refractivity (Wildman–Crippen MR) is 77.1 cm³/mol. The number of hydrogen-bond acceptors (Lipinski definition) is 4. The molecule has 18 heavy (non-hydrogen) atoms. The summed E-state index contributed by atoms with van der Waals surface area (Å²) in [6.45, 7) is 19.6. The van der Waals surface area contributed by atoms with Gasteiger partial charge in [-0.2, -0.15) is 0 Å². The normalized spacial score (nSPS) is 25.7. The Bertz CT molecular complexity index is 194. The van der Waals surface area contributed by atoms with Crippen LogP contribution in [0.3, 0.4) is 0 Å². The standard InChI is InChI=1S/C14H30N4/c1-3-15-5-9-17(10-6-15)13-14-18-11-7-16(4-2)8-12-18/h3-14H2,1-2H3. The Balaban J connectivity index is 1.58. The zero-order valence-electron chi connectivity index (χ0n) is 12.3. The smallest absolute Gasteiger partial charge is 0.0110 e. The molecule has 2 heterocycles. The van der Waals surface area contributed by atoms with Crippen LogP contribution in [0.5, 0.6) is 0 Å². The van der Waals surface area contributed by atoms with Gasteiger partial charge < -0.3 is 9.80 Å². The van der Waals surface area contributed by atoms with Crippen molar-refractivity contribution >= 4 is 0 Å². The van der Waals surface area contributed by atoms with Crippen LogP contribution in [0.2, 0.25) is 0 Å². The lowest BCUT2D eigenvalue weighted by Crippen LogP contribution is -2.51. The van der Waals surface area contributed by atoms with Crippen molar-refractivity contribution in [3.8, 4) is 0 Å². The quantitative estimate of drug-likeness (QED) is 0.698. The van der Waals surface area contributed by atoms with Gasteiger partial charge in [0.1, 0.15) is 0 Å². The molecule has 2 aliphatic heterocycles. The van der Waals surface area contributed by atoms with Gasteiger partial charge in [-0.15, -0.1) is 0 Å². The maximum Gasteiger partial charge on any atom is 0.0110 e. The third kappa shape index (κ3) is 4.19. The summed E-state index contributed by atoms with van der Waals surface area (Å²) in [5.74, 6) is 0. The molecule has 2 rings (SSSR count). The topological polar surface area (TPSA) is 13.0 Å². The Morgan fingerprint density at radius 2 is 0.778 bits per heavy atom. The monoisotopic (exact) mass is 254 g/mol. The van der Waals surface area contributed by atoms with Crippen LogP contribution in [0.15, 0.2) is 0 Å². The molecule has 0 unspecified atom stereocenters. The van der Waals surface area contributed by atoms with Crippen molar-refractivity contribution in [3.05, 3.63) is 0 Å². The number of piperazine rings is 2. The van der Waals surface area contributed by atoms with Crippen LogP contribution in [-0.2, 0) is 0 Å². The number of hydrogen-bond donors (Lipinski definition) is 0. The third-order valence-electron chi connectivity index (χ3n) is 4.56. The summed E-state index contributed by atoms with van der Waals surface area (Å²) in [5.41, 5.74) is 0. The molecular formula is C14H30N4. The van der Waals surface area contributed by atoms with E-state index in [0.717, 1.165) is 0 Å². The first-order valence-corrected chi connectivity index (χ1v) is 7.71. The highest BCUT2D eigenvalue weighted by molar-refractivity contribution is 4.75. The molecule has 0 aromatic rings. The number of nitrogens with zero attached hydrogens (tertiary/aromatic N) is 4. The van der Waals surface area contributed by atoms with Gasteiger partial charge in [-0.3, -0.25) is 9.80 Å². The van der Waals surface area contributed by atoms with Crippen molar-refractivity contribution in [2.45, 2.75) is 13.8 Å². The minimum Gasteiger partial charge on any atom is -0.301 e. The van der Waals surface area contributed by atoms with E-state index in [1.807, 2.05) is 0 Å². The third-order valence-corrected chi connectivity index (χ3v) is 4.56. The minimum absolute atomic E-state index is 1.22. The molecule has 2 fully saturated rings. The highest BCUT2D eigenvalue weighted by Crippen LogP contribution is 2.04. The minimum atomic E-state index is 1.22. The molecule has 0 radical (unpaired) electrons. The van der Waals surface area contributed by atoms with Crippen molar-refractivity contribution in [1.82, 2.24) is 19.6 Å². The predicted octanol–water partition coefficient (Wildman–Crippen LogP) is 0.261. The van der Waals surface area contributed by atoms with Gasteiger partial charge >= 0.3 is 0 Å². The van der Waals surface area contributed by atoms with E-state index in [4.69, 9.17) is 0 Å². The van der Waals surface area contributed by atoms with Gasteiger partial charge in [0.2, 0.25) is 0 Å². The fraction of sp³-hybridized carbons (Fsp3) is 1.00. The zero-order valence-corrected chi connectivity index (χ0v) is 12.3. The molecule has 4 nitrogen and oxygen atoms in total. The average Bonchev–Trinajstić information content (AvgIpc) is 2.46. The number of likely N-dealkylation sites (N-methyl/N-ethyl adjacent to an activating group) is 2. The molecule has 0 N–H and O–H groups in total. The second-order valence-electron chi connectivity index (χ2n) is 5.55. The molecule has 0 aromatic carbocycles. The van der Waals surface area contributed by atoms with Crippen LogP contribution in [0.25, 0.3) is 0 Å². The fourth-order valence-corrected chi connectivity index (χ4v) is 2.94. The van der Waals surface area contributed by atoms with Gasteiger partial charge in [-0.25, -0.2) is 0 Å². The van der Waals surface area contributed by atoms with Gasteiger partial charge in [0.15, 0.2) is 0 Å². The summed E-state index contributed by atoms with van der Waals surface area (Å²) in [5, 5.41) is 0. The largest absolute Gasteiger partial charge is 0.301 e. The van der Waals surface area contributed by atoms with E-state index >= 15 is 0 Å². The second kappa shape index (κ2) is 7.43. The first-order chi connectivity index (χ1) is 8.81. The van der Waals surface area contributed by atoms with E-state index in [0.29, 0.717) is 0 Å². The summed E-state index contributed by atoms with van der Waals surface area (Å²) in [6.07, 6.45) is 0. The molecule has 0 saturated carbocycles. The van der Waals surface area contributed by atoms with Crippen LogP contribution in [0, 0.1) is 0 Å². The maximum atomic E-state index is 2.64. The molecule has 4 heteroatoms. The van der Waals surface area contributed by atoms with Crippen molar-refractivity contribution in [1.29, 1.82) is 0 Å². The lowest BCUT2D eigenvalue weighted by atomic mass is 10.3. The summed E-state index contributed by atoms with van der Waals surface area (Å²) in [7, 11) is 0. The van der Waals surface area contributed by atoms with Crippen molar-refractivity contribution in [2.75, 3.05) is 78.5 Å². The molecule has 0 atom stereocenters. The molecule has 2 saturated heterocycles. The summed E-state index contributed by atoms with van der Waals surface area (Å²) in [4.78, 5) is 10.4. The Labute approximate surface area is 113 Å². The van der Waals surface area contributed by atoms with E-state index in [2.05, 4.69) is 33.4 Å². The van der Waals surface area contributed by atoms with Crippen LogP contribution in [0.4, 0.5) is 0 Å². The summed E-state index contributed by atoms with van der Waals surface area (Å²) in [6, 6.07) is 0. The fourth-order valence-electron chi connectivity index (χ4n) is 2.94. The molecule has 0 aromatic heterocycles. The van der Waals surface area contributed by atoms with E-state index in [-0.39, 0.29) is 0 Å². The van der Waals surface area contributed by atoms with E-state index in [1.54, 1.807) is 0 Å². The molecule has 0 amide bonds. The van der Waals surface area contributed by atoms with Gasteiger partial charge in [-0.05, 0) is 13.1 Å². The molecular weight excluding hydrogens is 224 g/mol. The SMILES string of the molecule is CCN1CCN(CCN2CCN(CC)CC2)CC1. The van der Waals surface area contributed by atoms with Gasteiger partial charge in [0, 0.05) is 65.4 Å². The first kappa shape index (κ1) is 14.3. The Morgan fingerprint density at radius 1 is 0.500 bits per heavy atom. The van der Waals surface area contributed by atoms with Crippen molar-refractivity contribution < 1.29 is 0 Å². The Morgan fingerprint density at radius 3 is 1.06 bits per heavy atom. The summed E-state index contributed by atoms with van der Waals surface area (Å²) < 4.78 is 0. The first-order valence-electron chi connectivity index (χ1n) is 7.71. The molecule has 0 bridgehead atoms. The maximum absolute atomic E-state index is 2.64. The summed E-state index contributed by atoms with van der Waals surface area (Å²) >= 11 is 0. The van der Waals surface area contributed by atoms with Crippen molar-refractivity contribution in [3.63, 3.8) is 0 Å². The van der Waals surface area contributed by atoms with E-state index < -0.39 is 0 Å². The van der Waals surface area contributed by atoms with Crippen LogP contribution < -0.4 is 0 Å². The number of rotatable bonds is 5. The van der Waals surface area contributed by atoms with Crippen molar-refractivity contribution in [2.24, 2.45) is 0 Å². The van der Waals surface area contributed by atoms with E-state index in [9.17, 15) is 0 Å². The van der Waals surface area contributed by atoms with Gasteiger partial charge in [-0.1, -0.05) is 13.8 Å². The molecule has 2 aliphatic rings. The zero-order chi connectivity index (χ0) is 12.8. The van der Waals surface area contributed by atoms with Gasteiger partial charge in [0.05, 0.1) is 0 Å². The Hall–Kier alpha value is -0.160. The molecule has 106 valence electrons. The van der Waals surface area contributed by atoms with Crippen LogP contribution in [-0.4, -0.2) is 98.1 Å². The lowest BCUT2D eigenvalue weighted by Gasteiger charge is -2.37. The molecule has 0 aliphatic carbocycles. The van der Waals surface area contributed by atoms with Crippen LogP contribution in [0.1, 0.15) is 13.8 Å². The van der Waals surface area contributed by atoms with Crippen LogP contribution >= 0.6 is 0 Å². The average molecular weight is 254 g/mol.